The molecule has 1 aliphatic rings. The second-order valence-electron chi connectivity index (χ2n) is 6.43. The number of aliphatic hydroxyl groups is 1. The fourth-order valence-electron chi connectivity index (χ4n) is 3.17. The maximum atomic E-state index is 13.3. The molecule has 0 spiro atoms. The fraction of sp³-hybridized carbons (Fsp3) is 0.444. The lowest BCUT2D eigenvalue weighted by Gasteiger charge is -2.40. The highest BCUT2D eigenvalue weighted by Gasteiger charge is 2.34. The van der Waals surface area contributed by atoms with Crippen molar-refractivity contribution < 1.29 is 14.3 Å². The van der Waals surface area contributed by atoms with Crippen LogP contribution in [-0.2, 0) is 0 Å². The summed E-state index contributed by atoms with van der Waals surface area (Å²) in [5, 5.41) is 13.9. The predicted octanol–water partition coefficient (Wildman–Crippen LogP) is 2.64. The van der Waals surface area contributed by atoms with E-state index in [-0.39, 0.29) is 23.7 Å². The van der Waals surface area contributed by atoms with E-state index in [1.165, 1.54) is 16.8 Å². The van der Waals surface area contributed by atoms with Crippen molar-refractivity contribution in [3.63, 3.8) is 0 Å². The molecule has 6 heteroatoms. The van der Waals surface area contributed by atoms with Crippen LogP contribution in [0.4, 0.5) is 4.39 Å². The SMILES string of the molecule is CCC1(CO)CCN(C(=O)c2ccn(-c3cccc(F)c3)n2)CC1. The van der Waals surface area contributed by atoms with Crippen LogP contribution in [0.25, 0.3) is 5.69 Å². The van der Waals surface area contributed by atoms with Crippen molar-refractivity contribution in [2.24, 2.45) is 5.41 Å². The number of amides is 1. The Morgan fingerprint density at radius 3 is 2.71 bits per heavy atom. The highest BCUT2D eigenvalue weighted by molar-refractivity contribution is 5.92. The number of likely N-dealkylation sites (tertiary alicyclic amines) is 1. The van der Waals surface area contributed by atoms with Crippen LogP contribution in [0.15, 0.2) is 36.5 Å². The van der Waals surface area contributed by atoms with Gasteiger partial charge in [-0.15, -0.1) is 0 Å². The molecule has 0 saturated carbocycles. The van der Waals surface area contributed by atoms with Crippen molar-refractivity contribution in [1.29, 1.82) is 0 Å². The third-order valence-electron chi connectivity index (χ3n) is 5.08. The van der Waals surface area contributed by atoms with Crippen LogP contribution in [0.1, 0.15) is 36.7 Å². The van der Waals surface area contributed by atoms with Gasteiger partial charge in [-0.3, -0.25) is 4.79 Å². The third-order valence-corrected chi connectivity index (χ3v) is 5.08. The molecule has 1 aliphatic heterocycles. The average Bonchev–Trinajstić information content (AvgIpc) is 3.11. The molecule has 0 bridgehead atoms. The Kier molecular flexibility index (Phi) is 4.66. The van der Waals surface area contributed by atoms with Crippen LogP contribution in [0.3, 0.4) is 0 Å². The van der Waals surface area contributed by atoms with E-state index >= 15 is 0 Å². The van der Waals surface area contributed by atoms with Gasteiger partial charge in [-0.05, 0) is 48.9 Å². The summed E-state index contributed by atoms with van der Waals surface area (Å²) in [6.07, 6.45) is 4.18. The van der Waals surface area contributed by atoms with Gasteiger partial charge in [-0.2, -0.15) is 5.10 Å². The number of hydrogen-bond donors (Lipinski definition) is 1. The maximum Gasteiger partial charge on any atom is 0.274 e. The zero-order valence-electron chi connectivity index (χ0n) is 13.8. The highest BCUT2D eigenvalue weighted by atomic mass is 19.1. The minimum atomic E-state index is -0.341. The third kappa shape index (κ3) is 3.19. The zero-order chi connectivity index (χ0) is 17.2. The van der Waals surface area contributed by atoms with E-state index < -0.39 is 0 Å². The molecule has 2 heterocycles. The number of rotatable bonds is 4. The average molecular weight is 331 g/mol. The lowest BCUT2D eigenvalue weighted by molar-refractivity contribution is 0.0334. The van der Waals surface area contributed by atoms with E-state index in [9.17, 15) is 14.3 Å². The number of piperidine rings is 1. The lowest BCUT2D eigenvalue weighted by atomic mass is 9.77. The summed E-state index contributed by atoms with van der Waals surface area (Å²) in [6.45, 7) is 3.49. The maximum absolute atomic E-state index is 13.3. The summed E-state index contributed by atoms with van der Waals surface area (Å²) >= 11 is 0. The Morgan fingerprint density at radius 2 is 2.08 bits per heavy atom. The standard InChI is InChI=1S/C18H22FN3O2/c1-2-18(13-23)7-10-21(11-8-18)17(24)16-6-9-22(20-16)15-5-3-4-14(19)12-15/h3-6,9,12,23H,2,7-8,10-11,13H2,1H3. The van der Waals surface area contributed by atoms with Crippen molar-refractivity contribution >= 4 is 5.91 Å². The Labute approximate surface area is 140 Å². The molecule has 24 heavy (non-hydrogen) atoms. The number of carbonyl (C=O) groups is 1. The van der Waals surface area contributed by atoms with Gasteiger partial charge in [0.25, 0.3) is 5.91 Å². The number of nitrogens with zero attached hydrogens (tertiary/aromatic N) is 3. The van der Waals surface area contributed by atoms with E-state index in [2.05, 4.69) is 12.0 Å². The van der Waals surface area contributed by atoms with Gasteiger partial charge in [0.1, 0.15) is 5.82 Å². The summed E-state index contributed by atoms with van der Waals surface area (Å²) in [5.74, 6) is -0.459. The van der Waals surface area contributed by atoms with Crippen LogP contribution < -0.4 is 0 Å². The minimum Gasteiger partial charge on any atom is -0.396 e. The number of carbonyl (C=O) groups excluding carboxylic acids is 1. The Hall–Kier alpha value is -2.21. The lowest BCUT2D eigenvalue weighted by Crippen LogP contribution is -2.44. The second kappa shape index (κ2) is 6.73. The number of hydrogen-bond acceptors (Lipinski definition) is 3. The second-order valence-corrected chi connectivity index (χ2v) is 6.43. The molecule has 2 aromatic rings. The van der Waals surface area contributed by atoms with Gasteiger partial charge < -0.3 is 10.0 Å². The van der Waals surface area contributed by atoms with E-state index in [0.717, 1.165) is 19.3 Å². The van der Waals surface area contributed by atoms with Crippen molar-refractivity contribution in [2.75, 3.05) is 19.7 Å². The Bertz CT molecular complexity index is 715. The summed E-state index contributed by atoms with van der Waals surface area (Å²) < 4.78 is 14.8. The topological polar surface area (TPSA) is 58.4 Å². The van der Waals surface area contributed by atoms with Crippen LogP contribution in [0, 0.1) is 11.2 Å². The van der Waals surface area contributed by atoms with Gasteiger partial charge in [0.15, 0.2) is 5.69 Å². The van der Waals surface area contributed by atoms with Crippen molar-refractivity contribution in [2.45, 2.75) is 26.2 Å². The van der Waals surface area contributed by atoms with E-state index in [4.69, 9.17) is 0 Å². The predicted molar refractivity (Wildman–Crippen MR) is 88.5 cm³/mol. The number of benzene rings is 1. The molecule has 5 nitrogen and oxygen atoms in total. The molecule has 0 unspecified atom stereocenters. The molecular weight excluding hydrogens is 309 g/mol. The molecule has 1 amide bonds. The summed E-state index contributed by atoms with van der Waals surface area (Å²) in [6, 6.07) is 7.74. The zero-order valence-corrected chi connectivity index (χ0v) is 13.8. The quantitative estimate of drug-likeness (QED) is 0.937. The van der Waals surface area contributed by atoms with Crippen LogP contribution in [0.5, 0.6) is 0 Å². The van der Waals surface area contributed by atoms with Gasteiger partial charge in [0, 0.05) is 25.9 Å². The number of aliphatic hydroxyl groups excluding tert-OH is 1. The fourth-order valence-corrected chi connectivity index (χ4v) is 3.17. The number of aromatic nitrogens is 2. The molecule has 0 aliphatic carbocycles. The van der Waals surface area contributed by atoms with Crippen LogP contribution in [0.2, 0.25) is 0 Å². The summed E-state index contributed by atoms with van der Waals surface area (Å²) in [7, 11) is 0. The summed E-state index contributed by atoms with van der Waals surface area (Å²) in [4.78, 5) is 14.4. The first-order chi connectivity index (χ1) is 11.6. The van der Waals surface area contributed by atoms with Gasteiger partial charge in [0.2, 0.25) is 0 Å². The molecule has 128 valence electrons. The first-order valence-corrected chi connectivity index (χ1v) is 8.29. The van der Waals surface area contributed by atoms with Gasteiger partial charge >= 0.3 is 0 Å². The Morgan fingerprint density at radius 1 is 1.33 bits per heavy atom. The normalized spacial score (nSPS) is 17.0. The van der Waals surface area contributed by atoms with Crippen LogP contribution >= 0.6 is 0 Å². The number of halogens is 1. The molecule has 1 aromatic carbocycles. The van der Waals surface area contributed by atoms with Crippen molar-refractivity contribution in [3.05, 3.63) is 48.0 Å². The van der Waals surface area contributed by atoms with Crippen molar-refractivity contribution in [1.82, 2.24) is 14.7 Å². The van der Waals surface area contributed by atoms with E-state index in [1.54, 1.807) is 29.3 Å². The van der Waals surface area contributed by atoms with Crippen LogP contribution in [-0.4, -0.2) is 45.4 Å². The molecule has 1 fully saturated rings. The minimum absolute atomic E-state index is 0.0578. The molecule has 1 aromatic heterocycles. The first-order valence-electron chi connectivity index (χ1n) is 8.29. The van der Waals surface area contributed by atoms with E-state index in [0.29, 0.717) is 24.5 Å². The summed E-state index contributed by atoms with van der Waals surface area (Å²) in [5.41, 5.74) is 0.878. The monoisotopic (exact) mass is 331 g/mol. The molecule has 1 saturated heterocycles. The van der Waals surface area contributed by atoms with Gasteiger partial charge in [0.05, 0.1) is 5.69 Å². The molecule has 3 rings (SSSR count). The molecule has 0 atom stereocenters. The first kappa shape index (κ1) is 16.6. The van der Waals surface area contributed by atoms with Gasteiger partial charge in [-0.25, -0.2) is 9.07 Å². The van der Waals surface area contributed by atoms with E-state index in [1.807, 2.05) is 0 Å². The largest absolute Gasteiger partial charge is 0.396 e. The van der Waals surface area contributed by atoms with Gasteiger partial charge in [-0.1, -0.05) is 13.0 Å². The molecule has 0 radical (unpaired) electrons. The smallest absolute Gasteiger partial charge is 0.274 e. The van der Waals surface area contributed by atoms with Crippen molar-refractivity contribution in [3.8, 4) is 5.69 Å². The molecule has 1 N–H and O–H groups in total. The molecular formula is C18H22FN3O2. The Balaban J connectivity index is 1.71. The highest BCUT2D eigenvalue weighted by Crippen LogP contribution is 2.34.